The van der Waals surface area contributed by atoms with Crippen LogP contribution in [0.2, 0.25) is 0 Å². The fourth-order valence-corrected chi connectivity index (χ4v) is 0.829. The predicted octanol–water partition coefficient (Wildman–Crippen LogP) is 0.365. The Balaban J connectivity index is 3.00. The fraction of sp³-hybridized carbons (Fsp3) is 0.429. The highest BCUT2D eigenvalue weighted by Crippen LogP contribution is 2.10. The topological polar surface area (TPSA) is 64.3 Å². The van der Waals surface area contributed by atoms with Crippen LogP contribution >= 0.6 is 0 Å². The molecule has 5 nitrogen and oxygen atoms in total. The second-order valence-electron chi connectivity index (χ2n) is 2.41. The molecular formula is C7H12N4O. The van der Waals surface area contributed by atoms with E-state index in [-0.39, 0.29) is 5.95 Å². The molecule has 0 aliphatic carbocycles. The molecule has 12 heavy (non-hydrogen) atoms. The Labute approximate surface area is 71.1 Å². The maximum absolute atomic E-state index is 5.45. The van der Waals surface area contributed by atoms with Gasteiger partial charge in [-0.05, 0) is 6.92 Å². The summed E-state index contributed by atoms with van der Waals surface area (Å²) in [7, 11) is 3.31. The van der Waals surface area contributed by atoms with Crippen LogP contribution in [0.3, 0.4) is 0 Å². The van der Waals surface area contributed by atoms with Crippen molar-refractivity contribution in [3.05, 3.63) is 11.8 Å². The quantitative estimate of drug-likeness (QED) is 0.646. The zero-order valence-electron chi connectivity index (χ0n) is 7.40. The van der Waals surface area contributed by atoms with Gasteiger partial charge in [0.1, 0.15) is 0 Å². The van der Waals surface area contributed by atoms with Crippen molar-refractivity contribution in [3.63, 3.8) is 0 Å². The number of aryl methyl sites for hydroxylation is 1. The molecular weight excluding hydrogens is 156 g/mol. The number of nitrogen functional groups attached to an aromatic ring is 1. The number of hydroxylamine groups is 1. The van der Waals surface area contributed by atoms with E-state index in [1.807, 2.05) is 6.92 Å². The number of hydrogen-bond acceptors (Lipinski definition) is 5. The first-order chi connectivity index (χ1) is 5.63. The van der Waals surface area contributed by atoms with Gasteiger partial charge < -0.3 is 5.73 Å². The van der Waals surface area contributed by atoms with Gasteiger partial charge in [0.15, 0.2) is 5.82 Å². The van der Waals surface area contributed by atoms with Gasteiger partial charge >= 0.3 is 0 Å². The SMILES string of the molecule is CON(C)c1cc(C)nc(N)n1. The highest BCUT2D eigenvalue weighted by molar-refractivity contribution is 5.39. The van der Waals surface area contributed by atoms with Gasteiger partial charge in [-0.3, -0.25) is 4.84 Å². The van der Waals surface area contributed by atoms with E-state index in [9.17, 15) is 0 Å². The van der Waals surface area contributed by atoms with E-state index in [2.05, 4.69) is 9.97 Å². The minimum Gasteiger partial charge on any atom is -0.368 e. The molecule has 0 amide bonds. The van der Waals surface area contributed by atoms with E-state index in [0.717, 1.165) is 5.69 Å². The van der Waals surface area contributed by atoms with Gasteiger partial charge in [0.2, 0.25) is 5.95 Å². The lowest BCUT2D eigenvalue weighted by Crippen LogP contribution is -2.17. The largest absolute Gasteiger partial charge is 0.368 e. The first kappa shape index (κ1) is 8.73. The van der Waals surface area contributed by atoms with E-state index < -0.39 is 0 Å². The van der Waals surface area contributed by atoms with Gasteiger partial charge in [-0.1, -0.05) is 0 Å². The van der Waals surface area contributed by atoms with Gasteiger partial charge in [0, 0.05) is 18.8 Å². The maximum Gasteiger partial charge on any atom is 0.222 e. The van der Waals surface area contributed by atoms with Gasteiger partial charge in [-0.25, -0.2) is 10.0 Å². The molecule has 1 aromatic heterocycles. The number of rotatable bonds is 2. The highest BCUT2D eigenvalue weighted by atomic mass is 16.7. The van der Waals surface area contributed by atoms with E-state index in [4.69, 9.17) is 10.6 Å². The normalized spacial score (nSPS) is 9.92. The molecule has 0 saturated heterocycles. The van der Waals surface area contributed by atoms with Crippen LogP contribution in [0, 0.1) is 6.92 Å². The van der Waals surface area contributed by atoms with Crippen molar-refractivity contribution in [1.82, 2.24) is 9.97 Å². The average molecular weight is 168 g/mol. The Morgan fingerprint density at radius 3 is 2.67 bits per heavy atom. The second kappa shape index (κ2) is 3.36. The number of hydrogen-bond donors (Lipinski definition) is 1. The zero-order chi connectivity index (χ0) is 9.14. The Morgan fingerprint density at radius 2 is 2.17 bits per heavy atom. The second-order valence-corrected chi connectivity index (χ2v) is 2.41. The summed E-state index contributed by atoms with van der Waals surface area (Å²) in [6.45, 7) is 1.85. The maximum atomic E-state index is 5.45. The lowest BCUT2D eigenvalue weighted by atomic mass is 10.4. The predicted molar refractivity (Wildman–Crippen MR) is 46.6 cm³/mol. The summed E-state index contributed by atoms with van der Waals surface area (Å²) < 4.78 is 0. The molecule has 0 fully saturated rings. The molecule has 0 aromatic carbocycles. The molecule has 0 bridgehead atoms. The van der Waals surface area contributed by atoms with Crippen molar-refractivity contribution in [2.45, 2.75) is 6.92 Å². The standard InChI is InChI=1S/C7H12N4O/c1-5-4-6(11(2)12-3)10-7(8)9-5/h4H,1-3H3,(H2,8,9,10). The summed E-state index contributed by atoms with van der Waals surface area (Å²) in [6, 6.07) is 1.79. The van der Waals surface area contributed by atoms with Crippen molar-refractivity contribution >= 4 is 11.8 Å². The first-order valence-corrected chi connectivity index (χ1v) is 3.52. The molecule has 0 atom stereocenters. The van der Waals surface area contributed by atoms with E-state index >= 15 is 0 Å². The van der Waals surface area contributed by atoms with E-state index in [0.29, 0.717) is 5.82 Å². The van der Waals surface area contributed by atoms with Crippen LogP contribution in [0.5, 0.6) is 0 Å². The molecule has 0 unspecified atom stereocenters. The lowest BCUT2D eigenvalue weighted by Gasteiger charge is -2.14. The Bertz CT molecular complexity index is 256. The fourth-order valence-electron chi connectivity index (χ4n) is 0.829. The third-order valence-corrected chi connectivity index (χ3v) is 1.45. The lowest BCUT2D eigenvalue weighted by molar-refractivity contribution is 0.182. The van der Waals surface area contributed by atoms with Gasteiger partial charge in [0.25, 0.3) is 0 Å². The van der Waals surface area contributed by atoms with Crippen LogP contribution in [-0.2, 0) is 4.84 Å². The smallest absolute Gasteiger partial charge is 0.222 e. The van der Waals surface area contributed by atoms with E-state index in [1.54, 1.807) is 20.2 Å². The third kappa shape index (κ3) is 1.82. The van der Waals surface area contributed by atoms with Crippen LogP contribution in [0.15, 0.2) is 6.07 Å². The highest BCUT2D eigenvalue weighted by Gasteiger charge is 2.02. The molecule has 0 radical (unpaired) electrons. The van der Waals surface area contributed by atoms with Crippen molar-refractivity contribution in [3.8, 4) is 0 Å². The van der Waals surface area contributed by atoms with Crippen LogP contribution in [-0.4, -0.2) is 24.1 Å². The van der Waals surface area contributed by atoms with Gasteiger partial charge in [0.05, 0.1) is 7.11 Å². The van der Waals surface area contributed by atoms with Crippen LogP contribution < -0.4 is 10.8 Å². The number of aromatic nitrogens is 2. The van der Waals surface area contributed by atoms with Crippen LogP contribution in [0.4, 0.5) is 11.8 Å². The van der Waals surface area contributed by atoms with Crippen LogP contribution in [0.1, 0.15) is 5.69 Å². The average Bonchev–Trinajstić information content (AvgIpc) is 2.01. The molecule has 0 aliphatic rings. The van der Waals surface area contributed by atoms with Crippen LogP contribution in [0.25, 0.3) is 0 Å². The minimum atomic E-state index is 0.258. The van der Waals surface area contributed by atoms with Gasteiger partial charge in [-0.15, -0.1) is 0 Å². The van der Waals surface area contributed by atoms with Crippen molar-refractivity contribution < 1.29 is 4.84 Å². The minimum absolute atomic E-state index is 0.258. The van der Waals surface area contributed by atoms with Crippen molar-refractivity contribution in [2.75, 3.05) is 25.0 Å². The van der Waals surface area contributed by atoms with Gasteiger partial charge in [-0.2, -0.15) is 4.98 Å². The Hall–Kier alpha value is -1.36. The monoisotopic (exact) mass is 168 g/mol. The summed E-state index contributed by atoms with van der Waals surface area (Å²) in [5, 5.41) is 1.52. The molecule has 5 heteroatoms. The molecule has 2 N–H and O–H groups in total. The summed E-state index contributed by atoms with van der Waals surface area (Å²) >= 11 is 0. The summed E-state index contributed by atoms with van der Waals surface area (Å²) in [6.07, 6.45) is 0. The zero-order valence-corrected chi connectivity index (χ0v) is 7.40. The Morgan fingerprint density at radius 1 is 1.50 bits per heavy atom. The summed E-state index contributed by atoms with van der Waals surface area (Å²) in [5.74, 6) is 0.913. The number of nitrogens with two attached hydrogens (primary N) is 1. The Kier molecular flexibility index (Phi) is 2.44. The molecule has 1 aromatic rings. The molecule has 0 spiro atoms. The third-order valence-electron chi connectivity index (χ3n) is 1.45. The van der Waals surface area contributed by atoms with Crippen molar-refractivity contribution in [2.24, 2.45) is 0 Å². The molecule has 1 rings (SSSR count). The summed E-state index contributed by atoms with van der Waals surface area (Å²) in [5.41, 5.74) is 6.27. The first-order valence-electron chi connectivity index (χ1n) is 3.52. The number of anilines is 2. The molecule has 1 heterocycles. The number of nitrogens with zero attached hydrogens (tertiary/aromatic N) is 3. The summed E-state index contributed by atoms with van der Waals surface area (Å²) in [4.78, 5) is 12.8. The van der Waals surface area contributed by atoms with E-state index in [1.165, 1.54) is 5.06 Å². The van der Waals surface area contributed by atoms with Crippen molar-refractivity contribution in [1.29, 1.82) is 0 Å². The molecule has 0 aliphatic heterocycles. The molecule has 66 valence electrons. The molecule has 0 saturated carbocycles.